The van der Waals surface area contributed by atoms with Gasteiger partial charge in [-0.25, -0.2) is 0 Å². The summed E-state index contributed by atoms with van der Waals surface area (Å²) in [4.78, 5) is 17.0. The molecule has 1 heterocycles. The van der Waals surface area contributed by atoms with Crippen molar-refractivity contribution in [1.82, 2.24) is 9.80 Å². The molecule has 1 aromatic rings. The van der Waals surface area contributed by atoms with Crippen molar-refractivity contribution in [1.29, 1.82) is 0 Å². The van der Waals surface area contributed by atoms with Gasteiger partial charge in [0.1, 0.15) is 0 Å². The highest BCUT2D eigenvalue weighted by molar-refractivity contribution is 5.76. The lowest BCUT2D eigenvalue weighted by molar-refractivity contribution is -0.132. The summed E-state index contributed by atoms with van der Waals surface area (Å²) in [5.74, 6) is 0.881. The number of carbonyl (C=O) groups excluding carboxylic acids is 1. The number of likely N-dealkylation sites (tertiary alicyclic amines) is 1. The van der Waals surface area contributed by atoms with Gasteiger partial charge in [0, 0.05) is 26.1 Å². The van der Waals surface area contributed by atoms with Crippen LogP contribution in [0.5, 0.6) is 0 Å². The number of amides is 1. The highest BCUT2D eigenvalue weighted by Crippen LogP contribution is 2.17. The lowest BCUT2D eigenvalue weighted by atomic mass is 9.97. The minimum Gasteiger partial charge on any atom is -0.342 e. The van der Waals surface area contributed by atoms with Gasteiger partial charge < -0.3 is 9.80 Å². The molecule has 1 amide bonds. The van der Waals surface area contributed by atoms with E-state index in [-0.39, 0.29) is 5.91 Å². The molecule has 1 aliphatic rings. The summed E-state index contributed by atoms with van der Waals surface area (Å²) in [5.41, 5.74) is 1.30. The van der Waals surface area contributed by atoms with E-state index in [9.17, 15) is 4.79 Å². The van der Waals surface area contributed by atoms with Crippen molar-refractivity contribution < 1.29 is 4.79 Å². The van der Waals surface area contributed by atoms with Crippen LogP contribution in [0.25, 0.3) is 0 Å². The number of piperidine rings is 1. The molecule has 1 aliphatic heterocycles. The number of hydrogen-bond donors (Lipinski definition) is 0. The molecule has 0 N–H and O–H groups in total. The predicted molar refractivity (Wildman–Crippen MR) is 96.4 cm³/mol. The molecule has 1 aromatic carbocycles. The number of allylic oxidation sites excluding steroid dienone is 1. The third-order valence-corrected chi connectivity index (χ3v) is 4.63. The first kappa shape index (κ1) is 17.7. The molecular weight excluding hydrogens is 284 g/mol. The molecule has 1 saturated heterocycles. The molecule has 3 nitrogen and oxygen atoms in total. The zero-order valence-corrected chi connectivity index (χ0v) is 14.4. The van der Waals surface area contributed by atoms with Gasteiger partial charge >= 0.3 is 0 Å². The maximum Gasteiger partial charge on any atom is 0.222 e. The second kappa shape index (κ2) is 9.51. The van der Waals surface area contributed by atoms with Gasteiger partial charge in [0.25, 0.3) is 0 Å². The third kappa shape index (κ3) is 6.19. The fourth-order valence-corrected chi connectivity index (χ4v) is 3.34. The Hall–Kier alpha value is -1.61. The SMILES string of the molecule is C=CCCC(=O)N(CCc1ccccc1)CC1CCCN(C)C1. The lowest BCUT2D eigenvalue weighted by Gasteiger charge is -2.34. The number of carbonyl (C=O) groups is 1. The van der Waals surface area contributed by atoms with Gasteiger partial charge in [0.2, 0.25) is 5.91 Å². The summed E-state index contributed by atoms with van der Waals surface area (Å²) < 4.78 is 0. The summed E-state index contributed by atoms with van der Waals surface area (Å²) in [6, 6.07) is 10.4. The molecule has 126 valence electrons. The fraction of sp³-hybridized carbons (Fsp3) is 0.550. The van der Waals surface area contributed by atoms with Crippen LogP contribution in [0, 0.1) is 5.92 Å². The molecule has 1 unspecified atom stereocenters. The van der Waals surface area contributed by atoms with Crippen molar-refractivity contribution in [2.24, 2.45) is 5.92 Å². The molecule has 0 radical (unpaired) electrons. The van der Waals surface area contributed by atoms with Crippen LogP contribution in [-0.4, -0.2) is 48.9 Å². The number of rotatable bonds is 8. The summed E-state index contributed by atoms with van der Waals surface area (Å²) in [5, 5.41) is 0. The summed E-state index contributed by atoms with van der Waals surface area (Å²) in [6.07, 6.45) is 6.60. The largest absolute Gasteiger partial charge is 0.342 e. The monoisotopic (exact) mass is 314 g/mol. The number of hydrogen-bond acceptors (Lipinski definition) is 2. The van der Waals surface area contributed by atoms with Crippen molar-refractivity contribution >= 4 is 5.91 Å². The summed E-state index contributed by atoms with van der Waals surface area (Å²) in [6.45, 7) is 7.74. The van der Waals surface area contributed by atoms with Gasteiger partial charge in [-0.3, -0.25) is 4.79 Å². The minimum absolute atomic E-state index is 0.272. The Kier molecular flexibility index (Phi) is 7.34. The quantitative estimate of drug-likeness (QED) is 0.687. The van der Waals surface area contributed by atoms with Crippen molar-refractivity contribution in [2.45, 2.75) is 32.1 Å². The number of benzene rings is 1. The van der Waals surface area contributed by atoms with Crippen LogP contribution in [0.3, 0.4) is 0 Å². The zero-order valence-electron chi connectivity index (χ0n) is 14.4. The van der Waals surface area contributed by atoms with Gasteiger partial charge in [-0.2, -0.15) is 0 Å². The van der Waals surface area contributed by atoms with E-state index in [2.05, 4.69) is 47.7 Å². The van der Waals surface area contributed by atoms with Crippen LogP contribution in [0.2, 0.25) is 0 Å². The lowest BCUT2D eigenvalue weighted by Crippen LogP contribution is -2.42. The molecule has 2 rings (SSSR count). The van der Waals surface area contributed by atoms with E-state index >= 15 is 0 Å². The molecule has 0 aliphatic carbocycles. The van der Waals surface area contributed by atoms with Crippen LogP contribution in [0.15, 0.2) is 43.0 Å². The molecule has 0 saturated carbocycles. The van der Waals surface area contributed by atoms with E-state index in [0.717, 1.165) is 32.5 Å². The smallest absolute Gasteiger partial charge is 0.222 e. The maximum absolute atomic E-state index is 12.5. The Morgan fingerprint density at radius 3 is 2.87 bits per heavy atom. The molecule has 3 heteroatoms. The van der Waals surface area contributed by atoms with Crippen molar-refractivity contribution in [3.8, 4) is 0 Å². The summed E-state index contributed by atoms with van der Waals surface area (Å²) >= 11 is 0. The second-order valence-electron chi connectivity index (χ2n) is 6.67. The van der Waals surface area contributed by atoms with E-state index in [1.54, 1.807) is 0 Å². The van der Waals surface area contributed by atoms with Gasteiger partial charge in [-0.05, 0) is 50.8 Å². The molecule has 1 atom stereocenters. The molecule has 23 heavy (non-hydrogen) atoms. The fourth-order valence-electron chi connectivity index (χ4n) is 3.34. The zero-order chi connectivity index (χ0) is 16.5. The Morgan fingerprint density at radius 1 is 1.39 bits per heavy atom. The van der Waals surface area contributed by atoms with Crippen LogP contribution < -0.4 is 0 Å². The van der Waals surface area contributed by atoms with Crippen LogP contribution in [-0.2, 0) is 11.2 Å². The average Bonchev–Trinajstić information content (AvgIpc) is 2.57. The summed E-state index contributed by atoms with van der Waals surface area (Å²) in [7, 11) is 2.18. The topological polar surface area (TPSA) is 23.6 Å². The standard InChI is InChI=1S/C20H30N2O/c1-3-4-12-20(23)22(15-13-18-9-6-5-7-10-18)17-19-11-8-14-21(2)16-19/h3,5-7,9-10,19H,1,4,8,11-17H2,2H3. The van der Waals surface area contributed by atoms with E-state index in [1.165, 1.54) is 24.9 Å². The van der Waals surface area contributed by atoms with E-state index in [4.69, 9.17) is 0 Å². The molecule has 0 spiro atoms. The second-order valence-corrected chi connectivity index (χ2v) is 6.67. The van der Waals surface area contributed by atoms with Crippen LogP contribution in [0.4, 0.5) is 0 Å². The van der Waals surface area contributed by atoms with Gasteiger partial charge in [-0.15, -0.1) is 6.58 Å². The first-order chi connectivity index (χ1) is 11.2. The Balaban J connectivity index is 1.93. The first-order valence-electron chi connectivity index (χ1n) is 8.80. The highest BCUT2D eigenvalue weighted by Gasteiger charge is 2.22. The average molecular weight is 314 g/mol. The van der Waals surface area contributed by atoms with Crippen LogP contribution in [0.1, 0.15) is 31.2 Å². The van der Waals surface area contributed by atoms with Crippen molar-refractivity contribution in [3.63, 3.8) is 0 Å². The first-order valence-corrected chi connectivity index (χ1v) is 8.80. The normalized spacial score (nSPS) is 18.6. The van der Waals surface area contributed by atoms with Crippen LogP contribution >= 0.6 is 0 Å². The van der Waals surface area contributed by atoms with Gasteiger partial charge in [-0.1, -0.05) is 36.4 Å². The Bertz CT molecular complexity index is 486. The van der Waals surface area contributed by atoms with Gasteiger partial charge in [0.15, 0.2) is 0 Å². The maximum atomic E-state index is 12.5. The predicted octanol–water partition coefficient (Wildman–Crippen LogP) is 3.37. The molecule has 0 aromatic heterocycles. The molecule has 1 fully saturated rings. The Morgan fingerprint density at radius 2 is 2.17 bits per heavy atom. The van der Waals surface area contributed by atoms with Gasteiger partial charge in [0.05, 0.1) is 0 Å². The van der Waals surface area contributed by atoms with Crippen molar-refractivity contribution in [2.75, 3.05) is 33.2 Å². The molecule has 0 bridgehead atoms. The Labute approximate surface area is 141 Å². The van der Waals surface area contributed by atoms with E-state index < -0.39 is 0 Å². The highest BCUT2D eigenvalue weighted by atomic mass is 16.2. The van der Waals surface area contributed by atoms with E-state index in [0.29, 0.717) is 12.3 Å². The minimum atomic E-state index is 0.272. The molecular formula is C20H30N2O. The number of nitrogens with zero attached hydrogens (tertiary/aromatic N) is 2. The van der Waals surface area contributed by atoms with Crippen molar-refractivity contribution in [3.05, 3.63) is 48.6 Å². The third-order valence-electron chi connectivity index (χ3n) is 4.63. The van der Waals surface area contributed by atoms with E-state index in [1.807, 2.05) is 12.1 Å².